The number of nitrogens with zero attached hydrogens (tertiary/aromatic N) is 3. The Balaban J connectivity index is 1.86. The van der Waals surface area contributed by atoms with Gasteiger partial charge < -0.3 is 20.4 Å². The Hall–Kier alpha value is -3.21. The molecule has 0 radical (unpaired) electrons. The molecule has 0 saturated carbocycles. The van der Waals surface area contributed by atoms with Gasteiger partial charge in [-0.2, -0.15) is 0 Å². The van der Waals surface area contributed by atoms with Crippen LogP contribution in [-0.4, -0.2) is 44.8 Å². The van der Waals surface area contributed by atoms with Crippen molar-refractivity contribution < 1.29 is 9.53 Å². The molecule has 0 spiro atoms. The molecule has 0 saturated heterocycles. The molecule has 0 aliphatic rings. The number of ether oxygens (including phenoxy) is 1. The number of nitrogens with two attached hydrogens (primary N) is 1. The van der Waals surface area contributed by atoms with Gasteiger partial charge in [0.1, 0.15) is 11.6 Å². The molecule has 0 aliphatic carbocycles. The Morgan fingerprint density at radius 3 is 2.72 bits per heavy atom. The smallest absolute Gasteiger partial charge is 0.330 e. The van der Waals surface area contributed by atoms with E-state index in [0.29, 0.717) is 36.8 Å². The summed E-state index contributed by atoms with van der Waals surface area (Å²) in [5.41, 5.74) is 6.52. The SMILES string of the molecule is CCCCN(C(=O)CSc1nc2ccc(OC)cc2[nH]1)c1c(N)n(CCC)c(=O)[nH]c1=O. The van der Waals surface area contributed by atoms with Gasteiger partial charge in [0.15, 0.2) is 10.8 Å². The third kappa shape index (κ3) is 4.98. The maximum atomic E-state index is 13.1. The van der Waals surface area contributed by atoms with Crippen LogP contribution in [0.5, 0.6) is 5.75 Å². The number of anilines is 2. The van der Waals surface area contributed by atoms with Crippen LogP contribution in [0.1, 0.15) is 33.1 Å². The van der Waals surface area contributed by atoms with E-state index < -0.39 is 11.2 Å². The molecule has 3 aromatic rings. The predicted molar refractivity (Wildman–Crippen MR) is 127 cm³/mol. The first-order valence-electron chi connectivity index (χ1n) is 10.5. The van der Waals surface area contributed by atoms with E-state index in [4.69, 9.17) is 10.5 Å². The molecule has 0 bridgehead atoms. The first-order valence-corrected chi connectivity index (χ1v) is 11.5. The summed E-state index contributed by atoms with van der Waals surface area (Å²) in [5, 5.41) is 0.579. The van der Waals surface area contributed by atoms with E-state index in [1.54, 1.807) is 7.11 Å². The van der Waals surface area contributed by atoms with E-state index in [1.165, 1.54) is 21.2 Å². The van der Waals surface area contributed by atoms with Crippen molar-refractivity contribution in [2.24, 2.45) is 0 Å². The van der Waals surface area contributed by atoms with E-state index in [9.17, 15) is 14.4 Å². The molecule has 0 aliphatic heterocycles. The highest BCUT2D eigenvalue weighted by atomic mass is 32.2. The van der Waals surface area contributed by atoms with Gasteiger partial charge in [-0.3, -0.25) is 19.1 Å². The third-order valence-electron chi connectivity index (χ3n) is 4.97. The lowest BCUT2D eigenvalue weighted by Gasteiger charge is -2.24. The summed E-state index contributed by atoms with van der Waals surface area (Å²) >= 11 is 1.23. The van der Waals surface area contributed by atoms with Crippen molar-refractivity contribution >= 4 is 40.2 Å². The van der Waals surface area contributed by atoms with Crippen molar-refractivity contribution in [3.05, 3.63) is 39.0 Å². The summed E-state index contributed by atoms with van der Waals surface area (Å²) in [6.45, 7) is 4.56. The van der Waals surface area contributed by atoms with Crippen LogP contribution in [0.3, 0.4) is 0 Å². The molecule has 1 aromatic carbocycles. The lowest BCUT2D eigenvalue weighted by atomic mass is 10.2. The van der Waals surface area contributed by atoms with Crippen molar-refractivity contribution in [3.8, 4) is 5.75 Å². The number of methoxy groups -OCH3 is 1. The van der Waals surface area contributed by atoms with Crippen molar-refractivity contribution in [1.29, 1.82) is 0 Å². The van der Waals surface area contributed by atoms with E-state index >= 15 is 0 Å². The number of carbonyl (C=O) groups is 1. The average Bonchev–Trinajstić information content (AvgIpc) is 3.19. The number of aromatic nitrogens is 4. The highest BCUT2D eigenvalue weighted by Gasteiger charge is 2.24. The van der Waals surface area contributed by atoms with Gasteiger partial charge in [0.2, 0.25) is 5.91 Å². The molecule has 172 valence electrons. The Labute approximate surface area is 189 Å². The van der Waals surface area contributed by atoms with Crippen LogP contribution in [0.15, 0.2) is 32.9 Å². The number of H-pyrrole nitrogens is 2. The van der Waals surface area contributed by atoms with E-state index in [0.717, 1.165) is 17.5 Å². The fourth-order valence-electron chi connectivity index (χ4n) is 3.33. The number of unbranched alkanes of at least 4 members (excludes halogenated alkanes) is 1. The molecule has 0 unspecified atom stereocenters. The standard InChI is InChI=1S/C21H28N6O4S/c1-4-6-10-26(17-18(22)27(9-5-2)21(30)25-19(17)29)16(28)12-32-20-23-14-8-7-13(31-3)11-15(14)24-20/h7-8,11H,4-6,9-10,12,22H2,1-3H3,(H,23,24)(H,25,29,30). The normalized spacial score (nSPS) is 11.1. The van der Waals surface area contributed by atoms with Gasteiger partial charge in [-0.05, 0) is 25.0 Å². The Morgan fingerprint density at radius 2 is 2.03 bits per heavy atom. The minimum atomic E-state index is -0.662. The number of hydrogen-bond donors (Lipinski definition) is 3. The van der Waals surface area contributed by atoms with Crippen LogP contribution in [0.25, 0.3) is 11.0 Å². The summed E-state index contributed by atoms with van der Waals surface area (Å²) in [5.74, 6) is 0.467. The van der Waals surface area contributed by atoms with E-state index in [-0.39, 0.29) is 23.2 Å². The Bertz CT molecular complexity index is 1220. The monoisotopic (exact) mass is 460 g/mol. The van der Waals surface area contributed by atoms with Gasteiger partial charge in [-0.25, -0.2) is 9.78 Å². The zero-order valence-electron chi connectivity index (χ0n) is 18.4. The minimum absolute atomic E-state index is 0.00545. The molecule has 0 fully saturated rings. The fourth-order valence-corrected chi connectivity index (χ4v) is 4.09. The number of benzene rings is 1. The van der Waals surface area contributed by atoms with Crippen molar-refractivity contribution in [3.63, 3.8) is 0 Å². The van der Waals surface area contributed by atoms with Crippen LogP contribution in [0.2, 0.25) is 0 Å². The molecule has 3 rings (SSSR count). The van der Waals surface area contributed by atoms with Crippen LogP contribution in [0, 0.1) is 0 Å². The Morgan fingerprint density at radius 1 is 1.25 bits per heavy atom. The second-order valence-electron chi connectivity index (χ2n) is 7.26. The largest absolute Gasteiger partial charge is 0.497 e. The number of amides is 1. The van der Waals surface area contributed by atoms with Gasteiger partial charge >= 0.3 is 5.69 Å². The van der Waals surface area contributed by atoms with Gasteiger partial charge in [-0.15, -0.1) is 0 Å². The lowest BCUT2D eigenvalue weighted by Crippen LogP contribution is -2.42. The minimum Gasteiger partial charge on any atom is -0.497 e. The van der Waals surface area contributed by atoms with E-state index in [1.807, 2.05) is 32.0 Å². The summed E-state index contributed by atoms with van der Waals surface area (Å²) < 4.78 is 6.52. The number of aromatic amines is 2. The number of nitrogens with one attached hydrogen (secondary N) is 2. The second kappa shape index (κ2) is 10.4. The first-order chi connectivity index (χ1) is 15.4. The number of hydrogen-bond acceptors (Lipinski definition) is 7. The molecule has 2 heterocycles. The number of nitrogen functional groups attached to an aromatic ring is 1. The van der Waals surface area contributed by atoms with Crippen molar-refractivity contribution in [1.82, 2.24) is 19.5 Å². The van der Waals surface area contributed by atoms with Crippen LogP contribution in [0.4, 0.5) is 11.5 Å². The zero-order chi connectivity index (χ0) is 23.3. The maximum absolute atomic E-state index is 13.1. The van der Waals surface area contributed by atoms with Gasteiger partial charge in [-0.1, -0.05) is 32.0 Å². The molecule has 2 aromatic heterocycles. The number of fused-ring (bicyclic) bond motifs is 1. The van der Waals surface area contributed by atoms with Gasteiger partial charge in [0.05, 0.1) is 23.9 Å². The molecule has 0 atom stereocenters. The molecule has 1 amide bonds. The quantitative estimate of drug-likeness (QED) is 0.395. The number of rotatable bonds is 10. The number of carbonyl (C=O) groups excluding carboxylic acids is 1. The van der Waals surface area contributed by atoms with E-state index in [2.05, 4.69) is 15.0 Å². The second-order valence-corrected chi connectivity index (χ2v) is 8.22. The molecule has 11 heteroatoms. The van der Waals surface area contributed by atoms with Crippen LogP contribution in [-0.2, 0) is 11.3 Å². The Kier molecular flexibility index (Phi) is 7.62. The van der Waals surface area contributed by atoms with Gasteiger partial charge in [0.25, 0.3) is 5.56 Å². The average molecular weight is 461 g/mol. The summed E-state index contributed by atoms with van der Waals surface area (Å²) in [6, 6.07) is 5.48. The maximum Gasteiger partial charge on any atom is 0.330 e. The lowest BCUT2D eigenvalue weighted by molar-refractivity contribution is -0.116. The molecular formula is C21H28N6O4S. The summed E-state index contributed by atoms with van der Waals surface area (Å²) in [4.78, 5) is 49.2. The predicted octanol–water partition coefficient (Wildman–Crippen LogP) is 2.34. The zero-order valence-corrected chi connectivity index (χ0v) is 19.3. The van der Waals surface area contributed by atoms with Crippen molar-refractivity contribution in [2.45, 2.75) is 44.8 Å². The molecular weight excluding hydrogens is 432 g/mol. The third-order valence-corrected chi connectivity index (χ3v) is 5.83. The number of thioether (sulfide) groups is 1. The number of imidazole rings is 1. The summed E-state index contributed by atoms with van der Waals surface area (Å²) in [7, 11) is 1.59. The first kappa shape index (κ1) is 23.5. The highest BCUT2D eigenvalue weighted by molar-refractivity contribution is 7.99. The molecule has 10 nitrogen and oxygen atoms in total. The van der Waals surface area contributed by atoms with Gasteiger partial charge in [0, 0.05) is 19.2 Å². The fraction of sp³-hybridized carbons (Fsp3) is 0.429. The summed E-state index contributed by atoms with van der Waals surface area (Å²) in [6.07, 6.45) is 2.17. The molecule has 4 N–H and O–H groups in total. The topological polar surface area (TPSA) is 139 Å². The molecule has 32 heavy (non-hydrogen) atoms. The van der Waals surface area contributed by atoms with Crippen LogP contribution < -0.4 is 26.6 Å². The highest BCUT2D eigenvalue weighted by Crippen LogP contribution is 2.25. The van der Waals surface area contributed by atoms with Crippen LogP contribution >= 0.6 is 11.8 Å². The van der Waals surface area contributed by atoms with Crippen molar-refractivity contribution in [2.75, 3.05) is 30.0 Å².